The molecule has 0 amide bonds. The van der Waals surface area contributed by atoms with Crippen LogP contribution in [0.2, 0.25) is 0 Å². The van der Waals surface area contributed by atoms with Crippen molar-refractivity contribution in [2.45, 2.75) is 19.8 Å². The minimum atomic E-state index is -0.859. The van der Waals surface area contributed by atoms with Gasteiger partial charge < -0.3 is 14.2 Å². The summed E-state index contributed by atoms with van der Waals surface area (Å²) in [6, 6.07) is 5.24. The summed E-state index contributed by atoms with van der Waals surface area (Å²) in [5.74, 6) is -0.428. The highest BCUT2D eigenvalue weighted by atomic mass is 16.5. The van der Waals surface area contributed by atoms with Crippen LogP contribution in [0, 0.1) is 0 Å². The van der Waals surface area contributed by atoms with Crippen LogP contribution in [0.1, 0.15) is 18.9 Å². The van der Waals surface area contributed by atoms with Crippen LogP contribution < -0.4 is 9.47 Å². The van der Waals surface area contributed by atoms with Crippen LogP contribution in [-0.4, -0.2) is 32.6 Å². The van der Waals surface area contributed by atoms with Crippen LogP contribution >= 0.6 is 0 Å². The van der Waals surface area contributed by atoms with Crippen LogP contribution in [0.3, 0.4) is 0 Å². The predicted molar refractivity (Wildman–Crippen MR) is 69.5 cm³/mol. The van der Waals surface area contributed by atoms with E-state index in [-0.39, 0.29) is 6.42 Å². The monoisotopic (exact) mass is 266 g/mol. The van der Waals surface area contributed by atoms with Gasteiger partial charge in [0.2, 0.25) is 5.78 Å². The molecule has 0 fully saturated rings. The average molecular weight is 266 g/mol. The van der Waals surface area contributed by atoms with Crippen molar-refractivity contribution in [3.8, 4) is 11.5 Å². The lowest BCUT2D eigenvalue weighted by Gasteiger charge is -2.13. The van der Waals surface area contributed by atoms with Crippen molar-refractivity contribution in [2.75, 3.05) is 20.8 Å². The Labute approximate surface area is 112 Å². The summed E-state index contributed by atoms with van der Waals surface area (Å²) >= 11 is 0. The first-order valence-corrected chi connectivity index (χ1v) is 6.03. The molecule has 0 aliphatic rings. The Morgan fingerprint density at radius 1 is 1.21 bits per heavy atom. The van der Waals surface area contributed by atoms with Gasteiger partial charge in [0.15, 0.2) is 11.5 Å². The molecule has 0 atom stereocenters. The third-order valence-electron chi connectivity index (χ3n) is 2.49. The number of hydrogen-bond acceptors (Lipinski definition) is 5. The van der Waals surface area contributed by atoms with Gasteiger partial charge in [-0.25, -0.2) is 4.79 Å². The number of carbonyl (C=O) groups excluding carboxylic acids is 2. The molecular weight excluding hydrogens is 248 g/mol. The Balaban J connectivity index is 2.94. The number of Topliss-reactive ketones (excluding diaryl/α,β-unsaturated/α-hetero) is 1. The number of hydrogen-bond donors (Lipinski definition) is 0. The Morgan fingerprint density at radius 2 is 1.95 bits per heavy atom. The standard InChI is InChI=1S/C14H18O5/c1-4-8-19-12-7-5-6-10(13(12)17-2)9-11(15)14(16)18-3/h5-7H,4,8-9H2,1-3H3. The Morgan fingerprint density at radius 3 is 2.53 bits per heavy atom. The maximum absolute atomic E-state index is 11.6. The molecule has 104 valence electrons. The summed E-state index contributed by atoms with van der Waals surface area (Å²) in [7, 11) is 2.68. The molecule has 1 aromatic carbocycles. The van der Waals surface area contributed by atoms with Crippen molar-refractivity contribution in [1.29, 1.82) is 0 Å². The Hall–Kier alpha value is -2.04. The van der Waals surface area contributed by atoms with Crippen LogP contribution in [0.25, 0.3) is 0 Å². The molecule has 0 aliphatic heterocycles. The zero-order valence-electron chi connectivity index (χ0n) is 11.4. The summed E-state index contributed by atoms with van der Waals surface area (Å²) in [6.07, 6.45) is 0.799. The van der Waals surface area contributed by atoms with Crippen LogP contribution in [0.5, 0.6) is 11.5 Å². The van der Waals surface area contributed by atoms with Gasteiger partial charge in [0.25, 0.3) is 0 Å². The van der Waals surface area contributed by atoms with E-state index >= 15 is 0 Å². The van der Waals surface area contributed by atoms with Crippen molar-refractivity contribution < 1.29 is 23.8 Å². The molecule has 0 saturated heterocycles. The lowest BCUT2D eigenvalue weighted by molar-refractivity contribution is -0.151. The fourth-order valence-electron chi connectivity index (χ4n) is 1.62. The Kier molecular flexibility index (Phi) is 5.85. The first-order valence-electron chi connectivity index (χ1n) is 6.03. The van der Waals surface area contributed by atoms with Gasteiger partial charge in [-0.2, -0.15) is 0 Å². The molecule has 0 spiro atoms. The van der Waals surface area contributed by atoms with Gasteiger partial charge in [0.05, 0.1) is 20.8 Å². The lowest BCUT2D eigenvalue weighted by atomic mass is 10.1. The van der Waals surface area contributed by atoms with Crippen molar-refractivity contribution in [3.63, 3.8) is 0 Å². The SMILES string of the molecule is CCCOc1cccc(CC(=O)C(=O)OC)c1OC. The number of ether oxygens (including phenoxy) is 3. The van der Waals surface area contributed by atoms with E-state index in [1.54, 1.807) is 18.2 Å². The third kappa shape index (κ3) is 3.98. The first kappa shape index (κ1) is 15.0. The molecule has 5 nitrogen and oxygen atoms in total. The molecule has 0 unspecified atom stereocenters. The molecule has 0 heterocycles. The second-order valence-corrected chi connectivity index (χ2v) is 3.89. The van der Waals surface area contributed by atoms with Gasteiger partial charge in [0.1, 0.15) is 0 Å². The highest BCUT2D eigenvalue weighted by Gasteiger charge is 2.18. The van der Waals surface area contributed by atoms with E-state index in [4.69, 9.17) is 9.47 Å². The number of benzene rings is 1. The molecule has 0 aromatic heterocycles. The second-order valence-electron chi connectivity index (χ2n) is 3.89. The van der Waals surface area contributed by atoms with Crippen molar-refractivity contribution in [3.05, 3.63) is 23.8 Å². The topological polar surface area (TPSA) is 61.8 Å². The number of esters is 1. The smallest absolute Gasteiger partial charge is 0.374 e. The van der Waals surface area contributed by atoms with Crippen molar-refractivity contribution >= 4 is 11.8 Å². The molecule has 1 rings (SSSR count). The van der Waals surface area contributed by atoms with Gasteiger partial charge in [-0.15, -0.1) is 0 Å². The molecule has 0 radical (unpaired) electrons. The number of rotatable bonds is 7. The Bertz CT molecular complexity index is 453. The molecule has 0 N–H and O–H groups in total. The molecule has 0 saturated carbocycles. The molecule has 0 aliphatic carbocycles. The molecule has 5 heteroatoms. The highest BCUT2D eigenvalue weighted by Crippen LogP contribution is 2.31. The fourth-order valence-corrected chi connectivity index (χ4v) is 1.62. The van der Waals surface area contributed by atoms with E-state index < -0.39 is 11.8 Å². The minimum Gasteiger partial charge on any atom is -0.493 e. The van der Waals surface area contributed by atoms with Crippen LogP contribution in [0.15, 0.2) is 18.2 Å². The van der Waals surface area contributed by atoms with Crippen LogP contribution in [-0.2, 0) is 20.7 Å². The summed E-state index contributed by atoms with van der Waals surface area (Å²) in [5.41, 5.74) is 0.603. The van der Waals surface area contributed by atoms with Gasteiger partial charge in [-0.3, -0.25) is 4.79 Å². The maximum atomic E-state index is 11.6. The predicted octanol–water partition coefficient (Wildman–Crippen LogP) is 1.77. The highest BCUT2D eigenvalue weighted by molar-refractivity contribution is 6.34. The second kappa shape index (κ2) is 7.41. The quantitative estimate of drug-likeness (QED) is 0.556. The number of methoxy groups -OCH3 is 2. The van der Waals surface area contributed by atoms with E-state index in [1.165, 1.54) is 14.2 Å². The molecule has 19 heavy (non-hydrogen) atoms. The normalized spacial score (nSPS) is 9.84. The van der Waals surface area contributed by atoms with Gasteiger partial charge in [0, 0.05) is 12.0 Å². The fraction of sp³-hybridized carbons (Fsp3) is 0.429. The van der Waals surface area contributed by atoms with E-state index in [0.29, 0.717) is 23.7 Å². The van der Waals surface area contributed by atoms with Gasteiger partial charge in [-0.1, -0.05) is 19.1 Å². The van der Waals surface area contributed by atoms with Gasteiger partial charge >= 0.3 is 5.97 Å². The minimum absolute atomic E-state index is 0.0703. The number of para-hydroxylation sites is 1. The largest absolute Gasteiger partial charge is 0.493 e. The molecule has 0 bridgehead atoms. The van der Waals surface area contributed by atoms with E-state index in [1.807, 2.05) is 6.92 Å². The van der Waals surface area contributed by atoms with Crippen LogP contribution in [0.4, 0.5) is 0 Å². The summed E-state index contributed by atoms with van der Waals surface area (Å²) in [6.45, 7) is 2.56. The maximum Gasteiger partial charge on any atom is 0.374 e. The van der Waals surface area contributed by atoms with E-state index in [2.05, 4.69) is 4.74 Å². The first-order chi connectivity index (χ1) is 9.13. The van der Waals surface area contributed by atoms with E-state index in [9.17, 15) is 9.59 Å². The summed E-state index contributed by atoms with van der Waals surface area (Å²) < 4.78 is 15.2. The molecular formula is C14H18O5. The number of carbonyl (C=O) groups is 2. The lowest BCUT2D eigenvalue weighted by Crippen LogP contribution is -2.18. The van der Waals surface area contributed by atoms with Gasteiger partial charge in [-0.05, 0) is 12.5 Å². The molecule has 1 aromatic rings. The zero-order valence-corrected chi connectivity index (χ0v) is 11.4. The zero-order chi connectivity index (χ0) is 14.3. The number of ketones is 1. The summed E-state index contributed by atoms with van der Waals surface area (Å²) in [4.78, 5) is 22.7. The van der Waals surface area contributed by atoms with Crippen molar-refractivity contribution in [1.82, 2.24) is 0 Å². The van der Waals surface area contributed by atoms with E-state index in [0.717, 1.165) is 6.42 Å². The average Bonchev–Trinajstić information content (AvgIpc) is 2.44. The van der Waals surface area contributed by atoms with Crippen molar-refractivity contribution in [2.24, 2.45) is 0 Å². The summed E-state index contributed by atoms with van der Waals surface area (Å²) in [5, 5.41) is 0. The third-order valence-corrected chi connectivity index (χ3v) is 2.49.